The third kappa shape index (κ3) is 4.68. The maximum absolute atomic E-state index is 13.6. The molecule has 3 aliphatic rings. The van der Waals surface area contributed by atoms with Crippen LogP contribution in [-0.4, -0.2) is 62.0 Å². The Morgan fingerprint density at radius 1 is 0.939 bits per heavy atom. The Morgan fingerprint density at radius 3 is 2.30 bits per heavy atom. The normalized spacial score (nSPS) is 27.9. The van der Waals surface area contributed by atoms with Crippen LogP contribution in [0.25, 0.3) is 11.0 Å². The molecule has 0 spiro atoms. The van der Waals surface area contributed by atoms with Crippen LogP contribution in [0, 0.1) is 0 Å². The lowest BCUT2D eigenvalue weighted by molar-refractivity contribution is 0.0498. The van der Waals surface area contributed by atoms with Gasteiger partial charge in [0.1, 0.15) is 0 Å². The molecule has 2 bridgehead atoms. The van der Waals surface area contributed by atoms with Crippen LogP contribution < -0.4 is 10.9 Å². The minimum Gasteiger partial charge on any atom is -0.394 e. The number of nitrogens with one attached hydrogen (secondary N) is 1. The minimum absolute atomic E-state index is 0.0997. The van der Waals surface area contributed by atoms with Crippen LogP contribution in [0.3, 0.4) is 0 Å². The zero-order valence-corrected chi connectivity index (χ0v) is 19.5. The van der Waals surface area contributed by atoms with Crippen LogP contribution in [0.5, 0.6) is 0 Å². The van der Waals surface area contributed by atoms with Crippen LogP contribution in [0.4, 0.5) is 5.82 Å². The first-order valence-corrected chi connectivity index (χ1v) is 13.0. The van der Waals surface area contributed by atoms with Gasteiger partial charge in [0.2, 0.25) is 0 Å². The van der Waals surface area contributed by atoms with E-state index in [9.17, 15) is 9.90 Å². The summed E-state index contributed by atoms with van der Waals surface area (Å²) in [6.07, 6.45) is 13.1. The topological polar surface area (TPSA) is 90.6 Å². The summed E-state index contributed by atoms with van der Waals surface area (Å²) in [6.45, 7) is -0.250. The van der Waals surface area contributed by atoms with E-state index >= 15 is 0 Å². The molecule has 33 heavy (non-hydrogen) atoms. The molecule has 2 aliphatic heterocycles. The molecule has 3 fully saturated rings. The smallest absolute Gasteiger partial charge is 0.294 e. The summed E-state index contributed by atoms with van der Waals surface area (Å²) >= 11 is 0. The third-order valence-electron chi connectivity index (χ3n) is 8.14. The number of piperidine rings is 1. The van der Waals surface area contributed by atoms with Crippen molar-refractivity contribution in [2.75, 3.05) is 18.5 Å². The van der Waals surface area contributed by atoms with Crippen molar-refractivity contribution in [3.8, 4) is 0 Å². The highest BCUT2D eigenvalue weighted by molar-refractivity contribution is 5.76. The molecular weight excluding hydrogens is 416 g/mol. The molecule has 1 aromatic carbocycles. The van der Waals surface area contributed by atoms with E-state index in [-0.39, 0.29) is 30.6 Å². The fourth-order valence-electron chi connectivity index (χ4n) is 6.64. The van der Waals surface area contributed by atoms with Crippen molar-refractivity contribution in [2.24, 2.45) is 0 Å². The number of aliphatic hydroxyl groups excluding tert-OH is 2. The second kappa shape index (κ2) is 10.1. The number of hydrogen-bond acceptors (Lipinski definition) is 6. The first-order valence-electron chi connectivity index (χ1n) is 13.0. The number of fused-ring (bicyclic) bond motifs is 3. The van der Waals surface area contributed by atoms with Gasteiger partial charge in [-0.25, -0.2) is 4.98 Å². The predicted molar refractivity (Wildman–Crippen MR) is 131 cm³/mol. The Balaban J connectivity index is 1.43. The lowest BCUT2D eigenvalue weighted by Gasteiger charge is -2.45. The third-order valence-corrected chi connectivity index (χ3v) is 8.14. The quantitative estimate of drug-likeness (QED) is 0.619. The van der Waals surface area contributed by atoms with Gasteiger partial charge >= 0.3 is 0 Å². The molecule has 3 atom stereocenters. The second-order valence-electron chi connectivity index (χ2n) is 10.3. The first-order chi connectivity index (χ1) is 16.2. The molecule has 2 unspecified atom stereocenters. The van der Waals surface area contributed by atoms with Gasteiger partial charge in [-0.3, -0.25) is 9.69 Å². The van der Waals surface area contributed by atoms with Gasteiger partial charge in [0.15, 0.2) is 5.82 Å². The largest absolute Gasteiger partial charge is 0.394 e. The zero-order valence-electron chi connectivity index (χ0n) is 19.5. The van der Waals surface area contributed by atoms with Crippen LogP contribution >= 0.6 is 0 Å². The van der Waals surface area contributed by atoms with E-state index in [1.165, 1.54) is 57.8 Å². The maximum atomic E-state index is 13.6. The average molecular weight is 455 g/mol. The van der Waals surface area contributed by atoms with E-state index in [1.54, 1.807) is 0 Å². The fourth-order valence-corrected chi connectivity index (χ4v) is 6.64. The van der Waals surface area contributed by atoms with Crippen molar-refractivity contribution in [1.29, 1.82) is 0 Å². The number of aliphatic hydroxyl groups is 2. The molecule has 1 aromatic heterocycles. The van der Waals surface area contributed by atoms with Crippen molar-refractivity contribution in [3.05, 3.63) is 34.6 Å². The SMILES string of the molecule is O=c1c(NC[C@@H](O)CO)nc2ccccc2n1C1CC2CCC(C1)N2C1CCCCCCC1. The molecule has 1 saturated carbocycles. The van der Waals surface area contributed by atoms with E-state index in [4.69, 9.17) is 5.11 Å². The average Bonchev–Trinajstić information content (AvgIpc) is 3.06. The number of benzene rings is 1. The fraction of sp³-hybridized carbons (Fsp3) is 0.692. The standard InChI is InChI=1S/C26H38N4O3/c31-17-22(32)16-27-25-26(33)30(24-11-7-6-10-23(24)28-25)21-14-19-12-13-20(15-21)29(19)18-8-4-2-1-3-5-9-18/h6-7,10-11,18-22,31-32H,1-5,8-9,12-17H2,(H,27,28)/t19?,20?,21?,22-/m1/s1. The summed E-state index contributed by atoms with van der Waals surface area (Å²) in [6, 6.07) is 9.85. The van der Waals surface area contributed by atoms with Crippen molar-refractivity contribution < 1.29 is 10.2 Å². The van der Waals surface area contributed by atoms with Gasteiger partial charge < -0.3 is 20.1 Å². The maximum Gasteiger partial charge on any atom is 0.294 e. The highest BCUT2D eigenvalue weighted by atomic mass is 16.3. The van der Waals surface area contributed by atoms with E-state index in [1.807, 2.05) is 28.8 Å². The highest BCUT2D eigenvalue weighted by Crippen LogP contribution is 2.44. The molecule has 7 nitrogen and oxygen atoms in total. The van der Waals surface area contributed by atoms with Crippen molar-refractivity contribution >= 4 is 16.9 Å². The predicted octanol–water partition coefficient (Wildman–Crippen LogP) is 3.44. The summed E-state index contributed by atoms with van der Waals surface area (Å²) in [5, 5.41) is 21.9. The Morgan fingerprint density at radius 2 is 1.61 bits per heavy atom. The van der Waals surface area contributed by atoms with Crippen LogP contribution in [0.15, 0.2) is 29.1 Å². The van der Waals surface area contributed by atoms with E-state index in [2.05, 4.69) is 15.2 Å². The summed E-state index contributed by atoms with van der Waals surface area (Å²) in [5.41, 5.74) is 1.55. The van der Waals surface area contributed by atoms with Crippen molar-refractivity contribution in [2.45, 2.75) is 101 Å². The van der Waals surface area contributed by atoms with Crippen LogP contribution in [0.2, 0.25) is 0 Å². The van der Waals surface area contributed by atoms with Crippen molar-refractivity contribution in [1.82, 2.24) is 14.5 Å². The lowest BCUT2D eigenvalue weighted by Crippen LogP contribution is -2.50. The molecule has 7 heteroatoms. The molecule has 2 aromatic rings. The molecule has 0 radical (unpaired) electrons. The molecular formula is C26H38N4O3. The molecule has 180 valence electrons. The van der Waals surface area contributed by atoms with Crippen LogP contribution in [-0.2, 0) is 0 Å². The summed E-state index contributed by atoms with van der Waals surface area (Å²) in [4.78, 5) is 21.0. The monoisotopic (exact) mass is 454 g/mol. The van der Waals surface area contributed by atoms with E-state index in [0.29, 0.717) is 18.1 Å². The van der Waals surface area contributed by atoms with Gasteiger partial charge in [-0.15, -0.1) is 0 Å². The van der Waals surface area contributed by atoms with Crippen molar-refractivity contribution in [3.63, 3.8) is 0 Å². The number of aromatic nitrogens is 2. The number of hydrogen-bond donors (Lipinski definition) is 3. The Kier molecular flexibility index (Phi) is 6.99. The van der Waals surface area contributed by atoms with E-state index < -0.39 is 6.10 Å². The second-order valence-corrected chi connectivity index (χ2v) is 10.3. The Labute approximate surface area is 195 Å². The summed E-state index contributed by atoms with van der Waals surface area (Å²) < 4.78 is 1.97. The number of anilines is 1. The molecule has 3 heterocycles. The summed E-state index contributed by atoms with van der Waals surface area (Å²) in [5.74, 6) is 0.260. The van der Waals surface area contributed by atoms with Gasteiger partial charge in [0, 0.05) is 30.7 Å². The Bertz CT molecular complexity index is 987. The zero-order chi connectivity index (χ0) is 22.8. The number of para-hydroxylation sites is 2. The van der Waals surface area contributed by atoms with Gasteiger partial charge in [0.25, 0.3) is 5.56 Å². The molecule has 1 aliphatic carbocycles. The van der Waals surface area contributed by atoms with Gasteiger partial charge in [-0.1, -0.05) is 44.2 Å². The van der Waals surface area contributed by atoms with Gasteiger partial charge in [0.05, 0.1) is 23.7 Å². The first kappa shape index (κ1) is 22.8. The minimum atomic E-state index is -0.922. The number of rotatable bonds is 6. The Hall–Kier alpha value is -1.96. The van der Waals surface area contributed by atoms with Gasteiger partial charge in [-0.2, -0.15) is 0 Å². The van der Waals surface area contributed by atoms with Gasteiger partial charge in [-0.05, 0) is 50.7 Å². The molecule has 0 amide bonds. The highest BCUT2D eigenvalue weighted by Gasteiger charge is 2.44. The lowest BCUT2D eigenvalue weighted by atomic mass is 9.89. The molecule has 5 rings (SSSR count). The van der Waals surface area contributed by atoms with Crippen LogP contribution in [0.1, 0.15) is 76.7 Å². The number of nitrogens with zero attached hydrogens (tertiary/aromatic N) is 3. The summed E-state index contributed by atoms with van der Waals surface area (Å²) in [7, 11) is 0. The van der Waals surface area contributed by atoms with E-state index in [0.717, 1.165) is 23.9 Å². The molecule has 3 N–H and O–H groups in total. The molecule has 2 saturated heterocycles.